The van der Waals surface area contributed by atoms with Gasteiger partial charge in [0.15, 0.2) is 5.16 Å². The zero-order valence-electron chi connectivity index (χ0n) is 11.5. The zero-order valence-corrected chi connectivity index (χ0v) is 15.4. The van der Waals surface area contributed by atoms with Crippen LogP contribution in [-0.2, 0) is 11.3 Å². The molecule has 1 aromatic carbocycles. The van der Waals surface area contributed by atoms with Gasteiger partial charge in [-0.1, -0.05) is 41.9 Å². The molecule has 0 bridgehead atoms. The summed E-state index contributed by atoms with van der Waals surface area (Å²) in [6, 6.07) is 2.14. The number of hydrogen-bond acceptors (Lipinski definition) is 5. The van der Waals surface area contributed by atoms with Crippen molar-refractivity contribution in [3.63, 3.8) is 0 Å². The predicted octanol–water partition coefficient (Wildman–Crippen LogP) is 5.30. The quantitative estimate of drug-likeness (QED) is 0.384. The van der Waals surface area contributed by atoms with Crippen molar-refractivity contribution >= 4 is 61.8 Å². The van der Waals surface area contributed by atoms with Crippen molar-refractivity contribution in [2.45, 2.75) is 31.2 Å². The van der Waals surface area contributed by atoms with E-state index < -0.39 is 0 Å². The first-order valence-electron chi connectivity index (χ1n) is 6.56. The molecule has 0 N–H and O–H groups in total. The normalized spacial score (nSPS) is 16.8. The van der Waals surface area contributed by atoms with Crippen LogP contribution in [0.25, 0.3) is 10.9 Å². The summed E-state index contributed by atoms with van der Waals surface area (Å²) < 4.78 is 6.46. The van der Waals surface area contributed by atoms with Crippen LogP contribution in [0.15, 0.2) is 9.63 Å². The highest BCUT2D eigenvalue weighted by Gasteiger charge is 2.31. The van der Waals surface area contributed by atoms with Gasteiger partial charge in [-0.3, -0.25) is 0 Å². The Kier molecular flexibility index (Phi) is 4.81. The summed E-state index contributed by atoms with van der Waals surface area (Å²) in [4.78, 5) is 8.86. The summed E-state index contributed by atoms with van der Waals surface area (Å²) in [6.45, 7) is 2.41. The summed E-state index contributed by atoms with van der Waals surface area (Å²) in [5, 5.41) is 11.1. The van der Waals surface area contributed by atoms with Crippen LogP contribution >= 0.6 is 50.9 Å². The van der Waals surface area contributed by atoms with Crippen molar-refractivity contribution in [1.82, 2.24) is 9.97 Å². The Hall–Kier alpha value is -0.580. The number of thioether (sulfide) groups is 1. The highest BCUT2D eigenvalue weighted by atomic mass is 79.9. The molecule has 114 valence electrons. The third-order valence-electron chi connectivity index (χ3n) is 3.41. The molecule has 1 aliphatic rings. The van der Waals surface area contributed by atoms with E-state index in [1.807, 2.05) is 6.92 Å². The molecule has 0 spiro atoms. The minimum atomic E-state index is -0.332. The monoisotopic (exact) mass is 417 g/mol. The van der Waals surface area contributed by atoms with Crippen LogP contribution < -0.4 is 0 Å². The van der Waals surface area contributed by atoms with Gasteiger partial charge in [0, 0.05) is 21.0 Å². The first-order chi connectivity index (χ1) is 10.6. The molecule has 2 aromatic rings. The van der Waals surface area contributed by atoms with Crippen LogP contribution in [0.1, 0.15) is 30.6 Å². The number of fused-ring (bicyclic) bond motifs is 3. The van der Waals surface area contributed by atoms with Gasteiger partial charge in [0.05, 0.1) is 35.7 Å². The molecule has 1 aliphatic heterocycles. The van der Waals surface area contributed by atoms with Crippen LogP contribution in [-0.4, -0.2) is 15.7 Å². The van der Waals surface area contributed by atoms with E-state index in [9.17, 15) is 0 Å². The first kappa shape index (κ1) is 16.3. The van der Waals surface area contributed by atoms with E-state index in [-0.39, 0.29) is 12.5 Å². The van der Waals surface area contributed by atoms with Crippen molar-refractivity contribution < 1.29 is 4.74 Å². The largest absolute Gasteiger partial charge is 0.368 e. The van der Waals surface area contributed by atoms with E-state index >= 15 is 0 Å². The lowest BCUT2D eigenvalue weighted by atomic mass is 9.99. The van der Waals surface area contributed by atoms with Crippen LogP contribution in [0.4, 0.5) is 0 Å². The molecule has 3 rings (SSSR count). The van der Waals surface area contributed by atoms with Crippen molar-refractivity contribution in [3.05, 3.63) is 25.8 Å². The maximum atomic E-state index is 9.00. The summed E-state index contributed by atoms with van der Waals surface area (Å²) in [7, 11) is 0. The van der Waals surface area contributed by atoms with E-state index in [1.54, 1.807) is 0 Å². The van der Waals surface area contributed by atoms with Crippen LogP contribution in [0, 0.1) is 11.3 Å². The number of hydrogen-bond donors (Lipinski definition) is 0. The van der Waals surface area contributed by atoms with Crippen LogP contribution in [0.5, 0.6) is 0 Å². The SMILES string of the molecule is CCSc1nc(Cl)c2c3c(c(Br)c(Cl)c2n1)COC3CC#N. The molecule has 4 nitrogen and oxygen atoms in total. The van der Waals surface area contributed by atoms with Gasteiger partial charge in [-0.2, -0.15) is 5.26 Å². The van der Waals surface area contributed by atoms with Crippen molar-refractivity contribution in [2.75, 3.05) is 5.75 Å². The van der Waals surface area contributed by atoms with Gasteiger partial charge in [0.2, 0.25) is 0 Å². The van der Waals surface area contributed by atoms with E-state index in [1.165, 1.54) is 11.8 Å². The number of nitriles is 1. The topological polar surface area (TPSA) is 58.8 Å². The zero-order chi connectivity index (χ0) is 15.9. The van der Waals surface area contributed by atoms with Gasteiger partial charge in [-0.15, -0.1) is 0 Å². The predicted molar refractivity (Wildman–Crippen MR) is 91.4 cm³/mol. The third kappa shape index (κ3) is 2.59. The molecule has 2 heterocycles. The van der Waals surface area contributed by atoms with Crippen molar-refractivity contribution in [3.8, 4) is 6.07 Å². The third-order valence-corrected chi connectivity index (χ3v) is 5.88. The van der Waals surface area contributed by atoms with Crippen LogP contribution in [0.2, 0.25) is 10.2 Å². The average Bonchev–Trinajstić information content (AvgIpc) is 2.89. The fraction of sp³-hybridized carbons (Fsp3) is 0.357. The second-order valence-corrected chi connectivity index (χ2v) is 7.40. The van der Waals surface area contributed by atoms with Gasteiger partial charge in [-0.05, 0) is 21.7 Å². The Morgan fingerprint density at radius 3 is 2.91 bits per heavy atom. The molecule has 8 heteroatoms. The molecule has 1 unspecified atom stereocenters. The second kappa shape index (κ2) is 6.50. The Balaban J connectivity index is 2.35. The molecule has 0 fully saturated rings. The highest BCUT2D eigenvalue weighted by Crippen LogP contribution is 2.47. The standard InChI is InChI=1S/C14H10BrCl2N3OS/c1-2-22-14-19-12-9(13(17)20-14)8-6(10(15)11(12)16)5-21-7(8)3-4-18/h7H,2-3,5H2,1H3. The number of aromatic nitrogens is 2. The summed E-state index contributed by atoms with van der Waals surface area (Å²) >= 11 is 17.9. The lowest BCUT2D eigenvalue weighted by molar-refractivity contribution is 0.0700. The molecule has 0 saturated heterocycles. The number of nitrogens with zero attached hydrogens (tertiary/aromatic N) is 3. The minimum absolute atomic E-state index is 0.248. The Bertz CT molecular complexity index is 809. The van der Waals surface area contributed by atoms with Gasteiger partial charge in [0.25, 0.3) is 0 Å². The molecule has 22 heavy (non-hydrogen) atoms. The minimum Gasteiger partial charge on any atom is -0.368 e. The lowest BCUT2D eigenvalue weighted by Crippen LogP contribution is -2.00. The highest BCUT2D eigenvalue weighted by molar-refractivity contribution is 9.10. The maximum Gasteiger partial charge on any atom is 0.189 e. The summed E-state index contributed by atoms with van der Waals surface area (Å²) in [6.07, 6.45) is -0.0836. The Morgan fingerprint density at radius 1 is 1.45 bits per heavy atom. The second-order valence-electron chi connectivity index (χ2n) is 4.64. The molecular formula is C14H10BrCl2N3OS. The van der Waals surface area contributed by atoms with Crippen molar-refractivity contribution in [1.29, 1.82) is 5.26 Å². The molecule has 0 saturated carbocycles. The van der Waals surface area contributed by atoms with E-state index in [2.05, 4.69) is 32.0 Å². The fourth-order valence-electron chi connectivity index (χ4n) is 2.52. The molecule has 0 radical (unpaired) electrons. The lowest BCUT2D eigenvalue weighted by Gasteiger charge is -2.14. The molecule has 1 aromatic heterocycles. The number of halogens is 3. The number of ether oxygens (including phenoxy) is 1. The number of benzene rings is 1. The summed E-state index contributed by atoms with van der Waals surface area (Å²) in [5.74, 6) is 0.839. The van der Waals surface area contributed by atoms with Crippen LogP contribution in [0.3, 0.4) is 0 Å². The van der Waals surface area contributed by atoms with Gasteiger partial charge in [-0.25, -0.2) is 9.97 Å². The van der Waals surface area contributed by atoms with E-state index in [0.717, 1.165) is 21.4 Å². The van der Waals surface area contributed by atoms with E-state index in [4.69, 9.17) is 33.2 Å². The molecule has 1 atom stereocenters. The Morgan fingerprint density at radius 2 is 2.23 bits per heavy atom. The van der Waals surface area contributed by atoms with Gasteiger partial charge in [0.1, 0.15) is 5.15 Å². The molecule has 0 aliphatic carbocycles. The summed E-state index contributed by atoms with van der Waals surface area (Å²) in [5.41, 5.74) is 2.38. The maximum absolute atomic E-state index is 9.00. The first-order valence-corrected chi connectivity index (χ1v) is 9.10. The Labute approximate surface area is 150 Å². The van der Waals surface area contributed by atoms with E-state index in [0.29, 0.717) is 32.8 Å². The average molecular weight is 419 g/mol. The van der Waals surface area contributed by atoms with Crippen molar-refractivity contribution in [2.24, 2.45) is 0 Å². The van der Waals surface area contributed by atoms with Gasteiger partial charge >= 0.3 is 0 Å². The van der Waals surface area contributed by atoms with Gasteiger partial charge < -0.3 is 4.74 Å². The number of rotatable bonds is 3. The molecule has 0 amide bonds. The fourth-order valence-corrected chi connectivity index (χ4v) is 4.18. The smallest absolute Gasteiger partial charge is 0.189 e. The molecular weight excluding hydrogens is 409 g/mol.